The van der Waals surface area contributed by atoms with Crippen LogP contribution in [0.15, 0.2) is 11.8 Å². The number of hydrogen-bond donors (Lipinski definition) is 1. The van der Waals surface area contributed by atoms with E-state index in [2.05, 4.69) is 51.2 Å². The highest BCUT2D eigenvalue weighted by Gasteiger charge is 1.96. The van der Waals surface area contributed by atoms with Gasteiger partial charge in [-0.1, -0.05) is 6.08 Å². The molecule has 0 rings (SSSR count). The fourth-order valence-electron chi connectivity index (χ4n) is 0.526. The van der Waals surface area contributed by atoms with Crippen LogP contribution < -0.4 is 5.32 Å². The molecule has 0 radical (unpaired) electrons. The first-order valence-electron chi connectivity index (χ1n) is 3.43. The Balaban J connectivity index is 3.51. The van der Waals surface area contributed by atoms with Gasteiger partial charge in [0.15, 0.2) is 0 Å². The van der Waals surface area contributed by atoms with E-state index in [1.54, 1.807) is 0 Å². The summed E-state index contributed by atoms with van der Waals surface area (Å²) in [6.45, 7) is 6.27. The minimum absolute atomic E-state index is 1.04. The van der Waals surface area contributed by atoms with Crippen LogP contribution in [0, 0.1) is 0 Å². The average molecular weight is 254 g/mol. The number of likely N-dealkylation sites (N-methyl/N-ethyl adjacent to an activating group) is 1. The van der Waals surface area contributed by atoms with E-state index in [1.807, 2.05) is 7.05 Å². The summed E-state index contributed by atoms with van der Waals surface area (Å²) < 4.78 is 2.20. The lowest BCUT2D eigenvalue weighted by Gasteiger charge is -2.15. The molecule has 3 heteroatoms. The number of hydrogen-bond acceptors (Lipinski definition) is 2. The Bertz CT molecular complexity index is 112. The van der Waals surface area contributed by atoms with Gasteiger partial charge in [0.25, 0.3) is 0 Å². The molecular formula is C7H15IN2. The second kappa shape index (κ2) is 5.97. The van der Waals surface area contributed by atoms with Gasteiger partial charge in [-0.3, -0.25) is 0 Å². The lowest BCUT2D eigenvalue weighted by atomic mass is 10.4. The van der Waals surface area contributed by atoms with Crippen molar-refractivity contribution < 1.29 is 0 Å². The van der Waals surface area contributed by atoms with Crippen LogP contribution in [0.1, 0.15) is 13.8 Å². The van der Waals surface area contributed by atoms with E-state index >= 15 is 0 Å². The standard InChI is InChI=1S/C7H15IN2/c1-4-7(2)10(8)6-5-9-3/h4,9H,5-6H2,1-3H3/b7-4-. The van der Waals surface area contributed by atoms with E-state index in [0.29, 0.717) is 0 Å². The van der Waals surface area contributed by atoms with E-state index in [4.69, 9.17) is 0 Å². The zero-order chi connectivity index (χ0) is 7.98. The normalized spacial score (nSPS) is 11.8. The average Bonchev–Trinajstić information content (AvgIpc) is 1.98. The second-order valence-electron chi connectivity index (χ2n) is 2.12. The van der Waals surface area contributed by atoms with Crippen molar-refractivity contribution in [2.24, 2.45) is 0 Å². The van der Waals surface area contributed by atoms with Crippen molar-refractivity contribution in [1.82, 2.24) is 8.43 Å². The molecule has 0 spiro atoms. The number of nitrogens with zero attached hydrogens (tertiary/aromatic N) is 1. The third-order valence-corrected chi connectivity index (χ3v) is 2.60. The molecule has 0 aliphatic carbocycles. The first-order valence-corrected chi connectivity index (χ1v) is 4.39. The minimum Gasteiger partial charge on any atom is -0.318 e. The van der Waals surface area contributed by atoms with Gasteiger partial charge in [0, 0.05) is 18.8 Å². The van der Waals surface area contributed by atoms with Gasteiger partial charge in [0.2, 0.25) is 0 Å². The summed E-state index contributed by atoms with van der Waals surface area (Å²) in [7, 11) is 1.97. The molecule has 0 fully saturated rings. The van der Waals surface area contributed by atoms with Crippen LogP contribution >= 0.6 is 22.9 Å². The monoisotopic (exact) mass is 254 g/mol. The van der Waals surface area contributed by atoms with Crippen LogP contribution in [0.5, 0.6) is 0 Å². The molecule has 0 aliphatic rings. The van der Waals surface area contributed by atoms with Gasteiger partial charge < -0.3 is 8.43 Å². The molecule has 0 aromatic rings. The van der Waals surface area contributed by atoms with E-state index in [1.165, 1.54) is 5.70 Å². The Hall–Kier alpha value is 0.230. The predicted molar refractivity (Wildman–Crippen MR) is 54.1 cm³/mol. The van der Waals surface area contributed by atoms with Crippen molar-refractivity contribution in [1.29, 1.82) is 0 Å². The van der Waals surface area contributed by atoms with E-state index < -0.39 is 0 Å². The highest BCUT2D eigenvalue weighted by molar-refractivity contribution is 14.1. The molecule has 0 saturated carbocycles. The summed E-state index contributed by atoms with van der Waals surface area (Å²) in [5.74, 6) is 0. The molecule has 0 amide bonds. The summed E-state index contributed by atoms with van der Waals surface area (Å²) >= 11 is 2.32. The van der Waals surface area contributed by atoms with Crippen LogP contribution in [-0.2, 0) is 0 Å². The zero-order valence-electron chi connectivity index (χ0n) is 6.82. The lowest BCUT2D eigenvalue weighted by molar-refractivity contribution is 0.587. The Morgan fingerprint density at radius 1 is 1.70 bits per heavy atom. The first kappa shape index (κ1) is 10.2. The van der Waals surface area contributed by atoms with Gasteiger partial charge in [-0.25, -0.2) is 0 Å². The van der Waals surface area contributed by atoms with Gasteiger partial charge in [-0.2, -0.15) is 0 Å². The third-order valence-electron chi connectivity index (χ3n) is 1.36. The Morgan fingerprint density at radius 3 is 2.70 bits per heavy atom. The van der Waals surface area contributed by atoms with Gasteiger partial charge in [-0.05, 0) is 20.9 Å². The smallest absolute Gasteiger partial charge is 0.0588 e. The maximum absolute atomic E-state index is 3.10. The number of allylic oxidation sites excluding steroid dienone is 2. The first-order chi connectivity index (χ1) is 4.72. The summed E-state index contributed by atoms with van der Waals surface area (Å²) in [6, 6.07) is 0. The molecule has 0 aliphatic heterocycles. The third kappa shape index (κ3) is 4.11. The molecular weight excluding hydrogens is 239 g/mol. The van der Waals surface area contributed by atoms with Crippen LogP contribution in [0.4, 0.5) is 0 Å². The van der Waals surface area contributed by atoms with Crippen LogP contribution in [0.2, 0.25) is 0 Å². The fraction of sp³-hybridized carbons (Fsp3) is 0.714. The van der Waals surface area contributed by atoms with Crippen LogP contribution in [0.25, 0.3) is 0 Å². The largest absolute Gasteiger partial charge is 0.318 e. The lowest BCUT2D eigenvalue weighted by Crippen LogP contribution is -2.21. The summed E-state index contributed by atoms with van der Waals surface area (Å²) in [6.07, 6.45) is 2.11. The van der Waals surface area contributed by atoms with Crippen molar-refractivity contribution in [2.75, 3.05) is 20.1 Å². The van der Waals surface area contributed by atoms with Crippen molar-refractivity contribution in [3.63, 3.8) is 0 Å². The topological polar surface area (TPSA) is 15.3 Å². The van der Waals surface area contributed by atoms with Crippen LogP contribution in [-0.4, -0.2) is 23.3 Å². The predicted octanol–water partition coefficient (Wildman–Crippen LogP) is 1.78. The molecule has 10 heavy (non-hydrogen) atoms. The summed E-state index contributed by atoms with van der Waals surface area (Å²) in [5.41, 5.74) is 1.32. The maximum atomic E-state index is 3.10. The molecule has 60 valence electrons. The van der Waals surface area contributed by atoms with Gasteiger partial charge >= 0.3 is 0 Å². The molecule has 0 saturated heterocycles. The van der Waals surface area contributed by atoms with E-state index in [0.717, 1.165) is 13.1 Å². The van der Waals surface area contributed by atoms with Crippen molar-refractivity contribution >= 4 is 22.9 Å². The Kier molecular flexibility index (Phi) is 6.11. The SMILES string of the molecule is C/C=C(/C)N(I)CCNC. The van der Waals surface area contributed by atoms with E-state index in [9.17, 15) is 0 Å². The number of rotatable bonds is 4. The van der Waals surface area contributed by atoms with Gasteiger partial charge in [0.05, 0.1) is 22.9 Å². The molecule has 1 N–H and O–H groups in total. The molecule has 0 heterocycles. The van der Waals surface area contributed by atoms with Crippen molar-refractivity contribution in [2.45, 2.75) is 13.8 Å². The second-order valence-corrected chi connectivity index (χ2v) is 3.28. The zero-order valence-corrected chi connectivity index (χ0v) is 8.97. The van der Waals surface area contributed by atoms with Gasteiger partial charge in [-0.15, -0.1) is 0 Å². The quantitative estimate of drug-likeness (QED) is 0.607. The molecule has 0 aromatic carbocycles. The Labute approximate surface area is 77.2 Å². The van der Waals surface area contributed by atoms with E-state index in [-0.39, 0.29) is 0 Å². The molecule has 0 bridgehead atoms. The highest BCUT2D eigenvalue weighted by Crippen LogP contribution is 2.07. The summed E-state index contributed by atoms with van der Waals surface area (Å²) in [5, 5.41) is 3.10. The van der Waals surface area contributed by atoms with Gasteiger partial charge in [0.1, 0.15) is 0 Å². The van der Waals surface area contributed by atoms with Crippen molar-refractivity contribution in [3.8, 4) is 0 Å². The molecule has 2 nitrogen and oxygen atoms in total. The Morgan fingerprint density at radius 2 is 2.30 bits per heavy atom. The van der Waals surface area contributed by atoms with Crippen LogP contribution in [0.3, 0.4) is 0 Å². The summed E-state index contributed by atoms with van der Waals surface area (Å²) in [4.78, 5) is 0. The highest BCUT2D eigenvalue weighted by atomic mass is 127. The minimum atomic E-state index is 1.04. The number of halogens is 1. The number of nitrogens with one attached hydrogen (secondary N) is 1. The molecule has 0 unspecified atom stereocenters. The van der Waals surface area contributed by atoms with Crippen molar-refractivity contribution in [3.05, 3.63) is 11.8 Å². The molecule has 0 aromatic heterocycles. The molecule has 0 atom stereocenters. The maximum Gasteiger partial charge on any atom is 0.0588 e. The fourth-order valence-corrected chi connectivity index (χ4v) is 1.05.